The molecule has 0 aliphatic carbocycles. The molecule has 3 heteroatoms. The highest BCUT2D eigenvalue weighted by Gasteiger charge is 1.86. The summed E-state index contributed by atoms with van der Waals surface area (Å²) in [6.07, 6.45) is 0. The van der Waals surface area contributed by atoms with Crippen molar-refractivity contribution in [1.29, 1.82) is 0 Å². The number of methoxy groups -OCH3 is 1. The first-order valence-corrected chi connectivity index (χ1v) is 12.3. The molecule has 3 nitrogen and oxygen atoms in total. The number of rotatable bonds is 0. The van der Waals surface area contributed by atoms with Crippen molar-refractivity contribution in [1.82, 2.24) is 0 Å². The molecule has 4 rings (SSSR count). The highest BCUT2D eigenvalue weighted by Crippen LogP contribution is 2.12. The lowest BCUT2D eigenvalue weighted by molar-refractivity contribution is 0.277. The second-order valence-corrected chi connectivity index (χ2v) is 6.83. The third kappa shape index (κ3) is 24.2. The SMILES string of the molecule is CC.CC.CC(C)C.CO.CO.COC.c1ccc2ccccc2c1.c1ccc2ccccc2c1. The number of hydrogen-bond acceptors (Lipinski definition) is 3. The molecule has 35 heavy (non-hydrogen) atoms. The molecule has 2 N–H and O–H groups in total. The Hall–Kier alpha value is -2.72. The van der Waals surface area contributed by atoms with Gasteiger partial charge in [0.05, 0.1) is 0 Å². The number of aliphatic hydroxyl groups excluding tert-OH is 2. The summed E-state index contributed by atoms with van der Waals surface area (Å²) in [6, 6.07) is 33.4. The molecule has 0 aliphatic heterocycles. The van der Waals surface area contributed by atoms with Crippen molar-refractivity contribution in [3.63, 3.8) is 0 Å². The van der Waals surface area contributed by atoms with Gasteiger partial charge in [0.15, 0.2) is 0 Å². The van der Waals surface area contributed by atoms with E-state index in [0.29, 0.717) is 0 Å². The first-order chi connectivity index (χ1) is 17.1. The number of fused-ring (bicyclic) bond motifs is 2. The minimum absolute atomic E-state index is 0.833. The van der Waals surface area contributed by atoms with Gasteiger partial charge in [0.2, 0.25) is 0 Å². The zero-order chi connectivity index (χ0) is 27.9. The fraction of sp³-hybridized carbons (Fsp3) is 0.375. The summed E-state index contributed by atoms with van der Waals surface area (Å²) in [6.45, 7) is 14.5. The number of ether oxygens (including phenoxy) is 1. The van der Waals surface area contributed by atoms with Crippen molar-refractivity contribution < 1.29 is 14.9 Å². The van der Waals surface area contributed by atoms with Crippen LogP contribution in [0, 0.1) is 5.92 Å². The van der Waals surface area contributed by atoms with Gasteiger partial charge in [-0.15, -0.1) is 0 Å². The van der Waals surface area contributed by atoms with Gasteiger partial charge in [-0.2, -0.15) is 0 Å². The van der Waals surface area contributed by atoms with Crippen LogP contribution in [0.15, 0.2) is 97.1 Å². The molecule has 0 bridgehead atoms. The minimum Gasteiger partial charge on any atom is -0.400 e. The van der Waals surface area contributed by atoms with Gasteiger partial charge in [-0.05, 0) is 27.5 Å². The monoisotopic (exact) mass is 484 g/mol. The number of hydrogen-bond donors (Lipinski definition) is 2. The third-order valence-corrected chi connectivity index (χ3v) is 3.32. The summed E-state index contributed by atoms with van der Waals surface area (Å²) < 4.78 is 4.25. The van der Waals surface area contributed by atoms with Crippen molar-refractivity contribution in [2.45, 2.75) is 48.5 Å². The first kappa shape index (κ1) is 39.5. The summed E-state index contributed by atoms with van der Waals surface area (Å²) in [5, 5.41) is 19.2. The molecule has 0 saturated carbocycles. The van der Waals surface area contributed by atoms with Gasteiger partial charge in [-0.3, -0.25) is 0 Å². The average molecular weight is 485 g/mol. The maximum atomic E-state index is 7.00. The van der Waals surface area contributed by atoms with Gasteiger partial charge in [0.1, 0.15) is 0 Å². The molecule has 0 saturated heterocycles. The topological polar surface area (TPSA) is 49.7 Å². The standard InChI is InChI=1S/2C10H8.C4H10.C2H6O.2C2H6.2CH4O/c2*1-2-6-10-8-4-3-7-9(10)5-1;1-4(2)3;1-3-2;4*1-2/h2*1-8H;4H,1-3H3;1-2H3;2*1-2H3;2*2H,1H3. The van der Waals surface area contributed by atoms with E-state index in [4.69, 9.17) is 10.2 Å². The van der Waals surface area contributed by atoms with Crippen LogP contribution in [0.25, 0.3) is 21.5 Å². The van der Waals surface area contributed by atoms with E-state index in [0.717, 1.165) is 20.1 Å². The Morgan fingerprint density at radius 2 is 0.514 bits per heavy atom. The van der Waals surface area contributed by atoms with E-state index in [1.165, 1.54) is 21.5 Å². The van der Waals surface area contributed by atoms with Crippen molar-refractivity contribution >= 4 is 21.5 Å². The van der Waals surface area contributed by atoms with Crippen LogP contribution in [0.2, 0.25) is 0 Å². The molecule has 0 atom stereocenters. The summed E-state index contributed by atoms with van der Waals surface area (Å²) in [7, 11) is 5.25. The first-order valence-electron chi connectivity index (χ1n) is 12.3. The predicted molar refractivity (Wildman–Crippen MR) is 160 cm³/mol. The summed E-state index contributed by atoms with van der Waals surface area (Å²) in [5.41, 5.74) is 0. The normalized spacial score (nSPS) is 7.94. The van der Waals surface area contributed by atoms with Crippen molar-refractivity contribution in [3.8, 4) is 0 Å². The van der Waals surface area contributed by atoms with Gasteiger partial charge >= 0.3 is 0 Å². The smallest absolute Gasteiger partial charge is 0.0351 e. The fourth-order valence-electron chi connectivity index (χ4n) is 2.27. The maximum Gasteiger partial charge on any atom is 0.0351 e. The maximum absolute atomic E-state index is 7.00. The molecule has 0 aliphatic rings. The van der Waals surface area contributed by atoms with Gasteiger partial charge in [0.25, 0.3) is 0 Å². The molecule has 4 aromatic rings. The zero-order valence-electron chi connectivity index (χ0n) is 24.1. The Morgan fingerprint density at radius 1 is 0.429 bits per heavy atom. The highest BCUT2D eigenvalue weighted by molar-refractivity contribution is 5.82. The third-order valence-electron chi connectivity index (χ3n) is 3.32. The summed E-state index contributed by atoms with van der Waals surface area (Å²) in [5.74, 6) is 0.833. The fourth-order valence-corrected chi connectivity index (χ4v) is 2.27. The molecule has 0 unspecified atom stereocenters. The lowest BCUT2D eigenvalue weighted by Crippen LogP contribution is -1.67. The van der Waals surface area contributed by atoms with Gasteiger partial charge in [-0.1, -0.05) is 146 Å². The van der Waals surface area contributed by atoms with Gasteiger partial charge < -0.3 is 14.9 Å². The number of benzene rings is 4. The van der Waals surface area contributed by atoms with Crippen LogP contribution in [0.1, 0.15) is 48.5 Å². The lowest BCUT2D eigenvalue weighted by atomic mass is 10.1. The summed E-state index contributed by atoms with van der Waals surface area (Å²) in [4.78, 5) is 0. The van der Waals surface area contributed by atoms with Gasteiger partial charge in [-0.25, -0.2) is 0 Å². The largest absolute Gasteiger partial charge is 0.400 e. The quantitative estimate of drug-likeness (QED) is 0.262. The van der Waals surface area contributed by atoms with Crippen LogP contribution in [0.3, 0.4) is 0 Å². The van der Waals surface area contributed by atoms with Crippen LogP contribution in [-0.2, 0) is 4.74 Å². The summed E-state index contributed by atoms with van der Waals surface area (Å²) >= 11 is 0. The Labute approximate surface area is 216 Å². The lowest BCUT2D eigenvalue weighted by Gasteiger charge is -1.92. The Kier molecular flexibility index (Phi) is 37.7. The Bertz CT molecular complexity index is 684. The van der Waals surface area contributed by atoms with E-state index in [2.05, 4.69) is 123 Å². The molecule has 0 aromatic heterocycles. The highest BCUT2D eigenvalue weighted by atomic mass is 16.4. The van der Waals surface area contributed by atoms with Crippen molar-refractivity contribution in [2.75, 3.05) is 28.4 Å². The average Bonchev–Trinajstić information content (AvgIpc) is 2.94. The second kappa shape index (κ2) is 33.5. The number of aliphatic hydroxyl groups is 2. The zero-order valence-corrected chi connectivity index (χ0v) is 24.1. The molecule has 0 amide bonds. The molecule has 0 radical (unpaired) electrons. The molecule has 0 spiro atoms. The van der Waals surface area contributed by atoms with Crippen LogP contribution >= 0.6 is 0 Å². The van der Waals surface area contributed by atoms with Crippen LogP contribution < -0.4 is 0 Å². The molecule has 0 heterocycles. The molecular formula is C32H52O3. The van der Waals surface area contributed by atoms with E-state index in [1.807, 2.05) is 27.7 Å². The molecule has 198 valence electrons. The van der Waals surface area contributed by atoms with Gasteiger partial charge in [0, 0.05) is 28.4 Å². The molecule has 0 fully saturated rings. The predicted octanol–water partition coefficient (Wildman–Crippen LogP) is 8.87. The Morgan fingerprint density at radius 3 is 0.600 bits per heavy atom. The van der Waals surface area contributed by atoms with Crippen molar-refractivity contribution in [3.05, 3.63) is 97.1 Å². The van der Waals surface area contributed by atoms with E-state index >= 15 is 0 Å². The van der Waals surface area contributed by atoms with E-state index in [1.54, 1.807) is 14.2 Å². The van der Waals surface area contributed by atoms with E-state index < -0.39 is 0 Å². The van der Waals surface area contributed by atoms with E-state index in [-0.39, 0.29) is 0 Å². The minimum atomic E-state index is 0.833. The Balaban J connectivity index is -0.000000180. The van der Waals surface area contributed by atoms with E-state index in [9.17, 15) is 0 Å². The molecular weight excluding hydrogens is 432 g/mol. The van der Waals surface area contributed by atoms with Crippen LogP contribution in [0.5, 0.6) is 0 Å². The second-order valence-electron chi connectivity index (χ2n) is 6.83. The van der Waals surface area contributed by atoms with Crippen molar-refractivity contribution in [2.24, 2.45) is 5.92 Å². The van der Waals surface area contributed by atoms with Crippen LogP contribution in [0.4, 0.5) is 0 Å². The molecule has 4 aromatic carbocycles. The van der Waals surface area contributed by atoms with Crippen LogP contribution in [-0.4, -0.2) is 38.7 Å².